The van der Waals surface area contributed by atoms with Crippen molar-refractivity contribution in [2.24, 2.45) is 0 Å². The molecule has 0 amide bonds. The monoisotopic (exact) mass is 310 g/mol. The number of hydrogen-bond donors (Lipinski definition) is 0. The Morgan fingerprint density at radius 2 is 1.33 bits per heavy atom. The van der Waals surface area contributed by atoms with Gasteiger partial charge in [-0.1, -0.05) is 97.1 Å². The molecule has 4 rings (SSSR count). The molecule has 3 aromatic rings. The third-order valence-corrected chi connectivity index (χ3v) is 4.70. The summed E-state index contributed by atoms with van der Waals surface area (Å²) in [4.78, 5) is 13.3. The fraction of sp³-hybridized carbons (Fsp3) is 0.0870. The summed E-state index contributed by atoms with van der Waals surface area (Å²) in [6.07, 6.45) is 4.31. The Kier molecular flexibility index (Phi) is 3.84. The predicted molar refractivity (Wildman–Crippen MR) is 98.2 cm³/mol. The summed E-state index contributed by atoms with van der Waals surface area (Å²) in [6, 6.07) is 28.1. The Labute approximate surface area is 142 Å². The third kappa shape index (κ3) is 2.59. The molecular formula is C23H18O. The Balaban J connectivity index is 1.84. The lowest BCUT2D eigenvalue weighted by molar-refractivity contribution is 0.0952. The van der Waals surface area contributed by atoms with Gasteiger partial charge in [-0.25, -0.2) is 0 Å². The number of benzene rings is 3. The van der Waals surface area contributed by atoms with Crippen molar-refractivity contribution in [2.45, 2.75) is 11.8 Å². The lowest BCUT2D eigenvalue weighted by atomic mass is 9.72. The van der Waals surface area contributed by atoms with Gasteiger partial charge < -0.3 is 0 Å². The number of Topliss-reactive ketones (excluding diaryl/α,β-unsaturated/α-hetero) is 1. The van der Waals surface area contributed by atoms with Crippen LogP contribution in [0.2, 0.25) is 0 Å². The molecular weight excluding hydrogens is 292 g/mol. The molecule has 0 aromatic heterocycles. The van der Waals surface area contributed by atoms with Gasteiger partial charge in [-0.3, -0.25) is 4.79 Å². The zero-order valence-electron chi connectivity index (χ0n) is 13.3. The first-order chi connectivity index (χ1) is 11.8. The molecule has 0 bridgehead atoms. The van der Waals surface area contributed by atoms with E-state index in [1.165, 1.54) is 5.56 Å². The van der Waals surface area contributed by atoms with E-state index >= 15 is 0 Å². The zero-order valence-corrected chi connectivity index (χ0v) is 13.3. The van der Waals surface area contributed by atoms with Crippen molar-refractivity contribution in [1.29, 1.82) is 0 Å². The molecule has 0 fully saturated rings. The van der Waals surface area contributed by atoms with Crippen LogP contribution >= 0.6 is 0 Å². The van der Waals surface area contributed by atoms with Gasteiger partial charge in [0.05, 0.1) is 5.92 Å². The van der Waals surface area contributed by atoms with Crippen LogP contribution in [0.1, 0.15) is 38.9 Å². The average molecular weight is 310 g/mol. The maximum atomic E-state index is 13.3. The molecule has 0 aliphatic heterocycles. The highest BCUT2D eigenvalue weighted by atomic mass is 16.1. The van der Waals surface area contributed by atoms with Crippen molar-refractivity contribution < 1.29 is 4.79 Å². The maximum absolute atomic E-state index is 13.3. The summed E-state index contributed by atoms with van der Waals surface area (Å²) < 4.78 is 0. The first-order valence-corrected chi connectivity index (χ1v) is 8.26. The fourth-order valence-electron chi connectivity index (χ4n) is 3.52. The van der Waals surface area contributed by atoms with Gasteiger partial charge in [0, 0.05) is 11.5 Å². The van der Waals surface area contributed by atoms with Crippen molar-refractivity contribution >= 4 is 11.9 Å². The van der Waals surface area contributed by atoms with E-state index in [0.29, 0.717) is 0 Å². The van der Waals surface area contributed by atoms with Gasteiger partial charge >= 0.3 is 0 Å². The minimum Gasteiger partial charge on any atom is -0.293 e. The smallest absolute Gasteiger partial charge is 0.171 e. The molecule has 1 heteroatoms. The van der Waals surface area contributed by atoms with Gasteiger partial charge in [0.1, 0.15) is 0 Å². The van der Waals surface area contributed by atoms with Gasteiger partial charge in [-0.05, 0) is 16.7 Å². The first kappa shape index (κ1) is 14.6. The summed E-state index contributed by atoms with van der Waals surface area (Å²) in [5.74, 6) is 0.0612. The summed E-state index contributed by atoms with van der Waals surface area (Å²) >= 11 is 0. The Hall–Kier alpha value is -2.93. The second kappa shape index (κ2) is 6.29. The SMILES string of the molecule is O=C(c1ccccc1)C1c2ccccc2C=CC1c1ccccc1. The van der Waals surface area contributed by atoms with Crippen LogP contribution < -0.4 is 0 Å². The lowest BCUT2D eigenvalue weighted by Crippen LogP contribution is -2.22. The van der Waals surface area contributed by atoms with Crippen LogP contribution in [0.3, 0.4) is 0 Å². The summed E-state index contributed by atoms with van der Waals surface area (Å²) in [5, 5.41) is 0. The number of hydrogen-bond acceptors (Lipinski definition) is 1. The van der Waals surface area contributed by atoms with E-state index in [2.05, 4.69) is 36.4 Å². The van der Waals surface area contributed by atoms with E-state index < -0.39 is 0 Å². The van der Waals surface area contributed by atoms with E-state index in [0.717, 1.165) is 16.7 Å². The van der Waals surface area contributed by atoms with Crippen LogP contribution in [-0.4, -0.2) is 5.78 Å². The predicted octanol–water partition coefficient (Wildman–Crippen LogP) is 5.46. The summed E-state index contributed by atoms with van der Waals surface area (Å²) in [6.45, 7) is 0. The molecule has 0 heterocycles. The first-order valence-electron chi connectivity index (χ1n) is 8.26. The maximum Gasteiger partial charge on any atom is 0.171 e. The van der Waals surface area contributed by atoms with Crippen molar-refractivity contribution in [3.63, 3.8) is 0 Å². The number of carbonyl (C=O) groups is 1. The van der Waals surface area contributed by atoms with E-state index in [4.69, 9.17) is 0 Å². The molecule has 116 valence electrons. The van der Waals surface area contributed by atoms with Crippen LogP contribution in [-0.2, 0) is 0 Å². The van der Waals surface area contributed by atoms with Gasteiger partial charge in [-0.2, -0.15) is 0 Å². The van der Waals surface area contributed by atoms with Crippen LogP contribution in [0, 0.1) is 0 Å². The van der Waals surface area contributed by atoms with Crippen LogP contribution in [0.5, 0.6) is 0 Å². The average Bonchev–Trinajstić information content (AvgIpc) is 2.68. The van der Waals surface area contributed by atoms with Crippen molar-refractivity contribution in [2.75, 3.05) is 0 Å². The minimum atomic E-state index is -0.184. The van der Waals surface area contributed by atoms with Crippen LogP contribution in [0.15, 0.2) is 91.0 Å². The van der Waals surface area contributed by atoms with Gasteiger partial charge in [0.25, 0.3) is 0 Å². The molecule has 1 nitrogen and oxygen atoms in total. The molecule has 1 aliphatic carbocycles. The quantitative estimate of drug-likeness (QED) is 0.587. The molecule has 1 aliphatic rings. The molecule has 0 saturated heterocycles. The minimum absolute atomic E-state index is 0.0637. The number of carbonyl (C=O) groups excluding carboxylic acids is 1. The molecule has 2 atom stereocenters. The molecule has 2 unspecified atom stereocenters. The second-order valence-electron chi connectivity index (χ2n) is 6.13. The van der Waals surface area contributed by atoms with Crippen LogP contribution in [0.25, 0.3) is 6.08 Å². The second-order valence-corrected chi connectivity index (χ2v) is 6.13. The van der Waals surface area contributed by atoms with Crippen molar-refractivity contribution in [1.82, 2.24) is 0 Å². The molecule has 24 heavy (non-hydrogen) atoms. The highest BCUT2D eigenvalue weighted by Gasteiger charge is 2.33. The van der Waals surface area contributed by atoms with E-state index in [1.54, 1.807) is 0 Å². The van der Waals surface area contributed by atoms with Gasteiger partial charge in [0.15, 0.2) is 5.78 Å². The highest BCUT2D eigenvalue weighted by Crippen LogP contribution is 2.42. The Morgan fingerprint density at radius 3 is 2.08 bits per heavy atom. The molecule has 0 spiro atoms. The standard InChI is InChI=1S/C23H18O/c24-23(19-12-5-2-6-13-19)22-20-14-8-7-11-18(20)15-16-21(22)17-9-3-1-4-10-17/h1-16,21-22H. The number of rotatable bonds is 3. The fourth-order valence-corrected chi connectivity index (χ4v) is 3.52. The summed E-state index contributed by atoms with van der Waals surface area (Å²) in [5.41, 5.74) is 4.20. The van der Waals surface area contributed by atoms with E-state index in [-0.39, 0.29) is 17.6 Å². The molecule has 3 aromatic carbocycles. The third-order valence-electron chi connectivity index (χ3n) is 4.70. The number of fused-ring (bicyclic) bond motifs is 1. The topological polar surface area (TPSA) is 17.1 Å². The van der Waals surface area contributed by atoms with Gasteiger partial charge in [0.2, 0.25) is 0 Å². The zero-order chi connectivity index (χ0) is 16.4. The van der Waals surface area contributed by atoms with Gasteiger partial charge in [-0.15, -0.1) is 0 Å². The number of ketones is 1. The summed E-state index contributed by atoms with van der Waals surface area (Å²) in [7, 11) is 0. The Morgan fingerprint density at radius 1 is 0.708 bits per heavy atom. The van der Waals surface area contributed by atoms with Crippen molar-refractivity contribution in [3.05, 3.63) is 113 Å². The van der Waals surface area contributed by atoms with E-state index in [9.17, 15) is 4.79 Å². The normalized spacial score (nSPS) is 18.8. The highest BCUT2D eigenvalue weighted by molar-refractivity contribution is 6.03. The Bertz CT molecular complexity index is 878. The largest absolute Gasteiger partial charge is 0.293 e. The van der Waals surface area contributed by atoms with Crippen LogP contribution in [0.4, 0.5) is 0 Å². The molecule has 0 radical (unpaired) electrons. The number of allylic oxidation sites excluding steroid dienone is 1. The molecule has 0 N–H and O–H groups in total. The van der Waals surface area contributed by atoms with E-state index in [1.807, 2.05) is 60.7 Å². The molecule has 0 saturated carbocycles. The lowest BCUT2D eigenvalue weighted by Gasteiger charge is -2.29. The van der Waals surface area contributed by atoms with Crippen molar-refractivity contribution in [3.8, 4) is 0 Å².